The number of benzene rings is 1. The van der Waals surface area contributed by atoms with E-state index >= 15 is 0 Å². The molecule has 0 aliphatic heterocycles. The van der Waals surface area contributed by atoms with Crippen molar-refractivity contribution in [3.05, 3.63) is 34.4 Å². The lowest BCUT2D eigenvalue weighted by atomic mass is 10.00. The fourth-order valence-corrected chi connectivity index (χ4v) is 3.24. The van der Waals surface area contributed by atoms with Crippen molar-refractivity contribution < 1.29 is 19.3 Å². The van der Waals surface area contributed by atoms with Gasteiger partial charge in [0.05, 0.1) is 11.0 Å². The number of carbonyl (C=O) groups excluding carboxylic acids is 3. The molecule has 216 valence electrons. The molecule has 1 rings (SSSR count). The Kier molecular flexibility index (Phi) is 17.7. The van der Waals surface area contributed by atoms with Crippen LogP contribution in [0.3, 0.4) is 0 Å². The average Bonchev–Trinajstić information content (AvgIpc) is 2.79. The second-order valence-electron chi connectivity index (χ2n) is 9.30. The van der Waals surface area contributed by atoms with Crippen LogP contribution in [0.25, 0.3) is 0 Å². The van der Waals surface area contributed by atoms with Crippen LogP contribution in [0.1, 0.15) is 47.0 Å². The van der Waals surface area contributed by atoms with E-state index in [2.05, 4.69) is 21.3 Å². The van der Waals surface area contributed by atoms with E-state index in [4.69, 9.17) is 16.9 Å². The van der Waals surface area contributed by atoms with Crippen molar-refractivity contribution in [2.45, 2.75) is 65.1 Å². The zero-order chi connectivity index (χ0) is 27.4. The van der Waals surface area contributed by atoms with Crippen molar-refractivity contribution in [2.75, 3.05) is 11.9 Å². The molecular formula is C23H40Cl2N8O5. The van der Waals surface area contributed by atoms with E-state index in [1.54, 1.807) is 13.8 Å². The second kappa shape index (κ2) is 18.2. The van der Waals surface area contributed by atoms with Gasteiger partial charge >= 0.3 is 0 Å². The van der Waals surface area contributed by atoms with E-state index in [0.717, 1.165) is 0 Å². The summed E-state index contributed by atoms with van der Waals surface area (Å²) in [5.41, 5.74) is 11.4. The molecule has 0 unspecified atom stereocenters. The first-order valence-electron chi connectivity index (χ1n) is 11.8. The van der Waals surface area contributed by atoms with Gasteiger partial charge in [0.1, 0.15) is 12.1 Å². The minimum absolute atomic E-state index is 0. The van der Waals surface area contributed by atoms with Crippen LogP contribution in [0, 0.1) is 27.4 Å². The normalized spacial score (nSPS) is 12.7. The lowest BCUT2D eigenvalue weighted by Crippen LogP contribution is -2.56. The first-order valence-corrected chi connectivity index (χ1v) is 11.8. The van der Waals surface area contributed by atoms with Crippen LogP contribution in [-0.2, 0) is 14.4 Å². The number of hydrogen-bond donors (Lipinski definition) is 7. The minimum atomic E-state index is -0.980. The summed E-state index contributed by atoms with van der Waals surface area (Å²) in [7, 11) is 0. The minimum Gasteiger partial charge on any atom is -0.370 e. The van der Waals surface area contributed by atoms with E-state index in [0.29, 0.717) is 25.1 Å². The molecule has 0 aliphatic carbocycles. The molecule has 3 amide bonds. The molecule has 13 nitrogen and oxygen atoms in total. The van der Waals surface area contributed by atoms with Gasteiger partial charge < -0.3 is 32.7 Å². The smallest absolute Gasteiger partial charge is 0.269 e. The number of amides is 3. The SMILES string of the molecule is CC(C)C[C@H](NC(=O)[C@H](N)C(C)C)C(=O)N[C@@H](CCCNC(=N)N)C(=O)Nc1ccc([N+](=O)[O-])cc1.Cl.Cl. The Morgan fingerprint density at radius 3 is 2.00 bits per heavy atom. The van der Waals surface area contributed by atoms with Crippen LogP contribution >= 0.6 is 24.8 Å². The number of non-ortho nitro benzene ring substituents is 1. The van der Waals surface area contributed by atoms with E-state index in [-0.39, 0.29) is 54.7 Å². The highest BCUT2D eigenvalue weighted by Gasteiger charge is 2.29. The molecule has 0 radical (unpaired) electrons. The highest BCUT2D eigenvalue weighted by atomic mass is 35.5. The Bertz CT molecular complexity index is 931. The largest absolute Gasteiger partial charge is 0.370 e. The summed E-state index contributed by atoms with van der Waals surface area (Å²) in [5, 5.41) is 28.8. The summed E-state index contributed by atoms with van der Waals surface area (Å²) in [6.45, 7) is 7.72. The average molecular weight is 580 g/mol. The third-order valence-electron chi connectivity index (χ3n) is 5.32. The molecule has 15 heteroatoms. The third kappa shape index (κ3) is 13.4. The molecule has 3 atom stereocenters. The van der Waals surface area contributed by atoms with Crippen LogP contribution in [0.5, 0.6) is 0 Å². The summed E-state index contributed by atoms with van der Waals surface area (Å²) in [4.78, 5) is 49.0. The number of guanidine groups is 1. The Morgan fingerprint density at radius 2 is 1.53 bits per heavy atom. The van der Waals surface area contributed by atoms with Crippen LogP contribution in [0.15, 0.2) is 24.3 Å². The molecular weight excluding hydrogens is 539 g/mol. The molecule has 0 heterocycles. The summed E-state index contributed by atoms with van der Waals surface area (Å²) >= 11 is 0. The number of nitrogens with two attached hydrogens (primary N) is 2. The molecule has 0 bridgehead atoms. The third-order valence-corrected chi connectivity index (χ3v) is 5.32. The summed E-state index contributed by atoms with van der Waals surface area (Å²) in [6.07, 6.45) is 0.946. The van der Waals surface area contributed by atoms with E-state index < -0.39 is 40.8 Å². The maximum atomic E-state index is 13.1. The molecule has 38 heavy (non-hydrogen) atoms. The van der Waals surface area contributed by atoms with E-state index in [1.165, 1.54) is 24.3 Å². The Labute approximate surface area is 235 Å². The molecule has 0 spiro atoms. The van der Waals surface area contributed by atoms with Gasteiger partial charge in [-0.3, -0.25) is 29.9 Å². The van der Waals surface area contributed by atoms with E-state index in [9.17, 15) is 24.5 Å². The van der Waals surface area contributed by atoms with Crippen LogP contribution in [0.2, 0.25) is 0 Å². The van der Waals surface area contributed by atoms with Crippen molar-refractivity contribution in [3.8, 4) is 0 Å². The van der Waals surface area contributed by atoms with Crippen LogP contribution in [-0.4, -0.2) is 53.3 Å². The molecule has 1 aromatic carbocycles. The Hall–Kier alpha value is -3.16. The summed E-state index contributed by atoms with van der Waals surface area (Å²) in [5.74, 6) is -1.79. The van der Waals surface area contributed by atoms with Gasteiger partial charge in [0.2, 0.25) is 17.7 Å². The number of rotatable bonds is 14. The number of halogens is 2. The van der Waals surface area contributed by atoms with Gasteiger partial charge in [-0.15, -0.1) is 24.8 Å². The second-order valence-corrected chi connectivity index (χ2v) is 9.30. The van der Waals surface area contributed by atoms with Crippen molar-refractivity contribution >= 4 is 59.9 Å². The molecule has 0 saturated heterocycles. The summed E-state index contributed by atoms with van der Waals surface area (Å²) < 4.78 is 0. The predicted molar refractivity (Wildman–Crippen MR) is 152 cm³/mol. The lowest BCUT2D eigenvalue weighted by molar-refractivity contribution is -0.384. The fraction of sp³-hybridized carbons (Fsp3) is 0.565. The highest BCUT2D eigenvalue weighted by Crippen LogP contribution is 2.16. The molecule has 0 aliphatic rings. The number of hydrogen-bond acceptors (Lipinski definition) is 7. The zero-order valence-electron chi connectivity index (χ0n) is 22.0. The molecule has 9 N–H and O–H groups in total. The van der Waals surface area contributed by atoms with Crippen molar-refractivity contribution in [1.29, 1.82) is 5.41 Å². The number of nitro groups is 1. The monoisotopic (exact) mass is 578 g/mol. The van der Waals surface area contributed by atoms with E-state index in [1.807, 2.05) is 13.8 Å². The number of nitro benzene ring substituents is 1. The van der Waals surface area contributed by atoms with Gasteiger partial charge in [-0.25, -0.2) is 0 Å². The van der Waals surface area contributed by atoms with Crippen molar-refractivity contribution in [3.63, 3.8) is 0 Å². The van der Waals surface area contributed by atoms with Crippen molar-refractivity contribution in [2.24, 2.45) is 23.3 Å². The number of nitrogens with one attached hydrogen (secondary N) is 5. The molecule has 1 aromatic rings. The van der Waals surface area contributed by atoms with Gasteiger partial charge in [0.15, 0.2) is 5.96 Å². The van der Waals surface area contributed by atoms with Crippen LogP contribution in [0.4, 0.5) is 11.4 Å². The fourth-order valence-electron chi connectivity index (χ4n) is 3.24. The number of carbonyl (C=O) groups is 3. The van der Waals surface area contributed by atoms with Crippen LogP contribution < -0.4 is 32.7 Å². The quantitative estimate of drug-likeness (QED) is 0.0563. The standard InChI is InChI=1S/C23H38N8O5.2ClH/c1-13(2)12-18(30-22(34)19(24)14(3)4)21(33)29-17(6-5-11-27-23(25)26)20(32)28-15-7-9-16(10-8-15)31(35)36;;/h7-10,13-14,17-19H,5-6,11-12,24H2,1-4H3,(H,28,32)(H,29,33)(H,30,34)(H4,25,26,27);2*1H/t17-,18-,19+;;/m0../s1. The number of anilines is 1. The highest BCUT2D eigenvalue weighted by molar-refractivity contribution is 5.98. The molecule has 0 aromatic heterocycles. The van der Waals surface area contributed by atoms with Gasteiger partial charge in [0.25, 0.3) is 5.69 Å². The predicted octanol–water partition coefficient (Wildman–Crippen LogP) is 1.64. The van der Waals surface area contributed by atoms with Gasteiger partial charge in [-0.05, 0) is 43.2 Å². The first kappa shape index (κ1) is 37.0. The van der Waals surface area contributed by atoms with Gasteiger partial charge in [-0.2, -0.15) is 0 Å². The van der Waals surface area contributed by atoms with Gasteiger partial charge in [0, 0.05) is 24.4 Å². The summed E-state index contributed by atoms with van der Waals surface area (Å²) in [6, 6.07) is 2.63. The first-order chi connectivity index (χ1) is 16.8. The topological polar surface area (TPSA) is 218 Å². The Balaban J connectivity index is 0. The maximum absolute atomic E-state index is 13.1. The maximum Gasteiger partial charge on any atom is 0.269 e. The molecule has 0 fully saturated rings. The number of nitrogens with zero attached hydrogens (tertiary/aromatic N) is 1. The zero-order valence-corrected chi connectivity index (χ0v) is 23.6. The van der Waals surface area contributed by atoms with Gasteiger partial charge in [-0.1, -0.05) is 27.7 Å². The lowest BCUT2D eigenvalue weighted by Gasteiger charge is -2.26. The Morgan fingerprint density at radius 1 is 0.974 bits per heavy atom. The molecule has 0 saturated carbocycles. The van der Waals surface area contributed by atoms with Crippen molar-refractivity contribution in [1.82, 2.24) is 16.0 Å².